The summed E-state index contributed by atoms with van der Waals surface area (Å²) in [7, 11) is 3.90. The van der Waals surface area contributed by atoms with Crippen molar-refractivity contribution < 1.29 is 14.3 Å². The molecule has 3 unspecified atom stereocenters. The second-order valence-corrected chi connectivity index (χ2v) is 7.22. The van der Waals surface area contributed by atoms with E-state index in [0.717, 1.165) is 36.9 Å². The number of benzene rings is 1. The van der Waals surface area contributed by atoms with Crippen molar-refractivity contribution >= 4 is 12.5 Å². The van der Waals surface area contributed by atoms with Crippen LogP contribution >= 0.6 is 0 Å². The third kappa shape index (κ3) is 7.29. The molecular weight excluding hydrogens is 340 g/mol. The molecule has 0 saturated carbocycles. The average Bonchev–Trinajstić information content (AvgIpc) is 2.69. The number of likely N-dealkylation sites (N-methyl/N-ethyl adjacent to an activating group) is 1. The van der Waals surface area contributed by atoms with Crippen LogP contribution in [0, 0.1) is 0 Å². The monoisotopic (exact) mass is 372 g/mol. The molecule has 0 radical (unpaired) electrons. The van der Waals surface area contributed by atoms with Crippen LogP contribution in [-0.4, -0.2) is 50.4 Å². The molecule has 1 saturated heterocycles. The Kier molecular flexibility index (Phi) is 8.72. The van der Waals surface area contributed by atoms with E-state index in [1.807, 2.05) is 19.1 Å². The summed E-state index contributed by atoms with van der Waals surface area (Å²) in [4.78, 5) is 12.7. The van der Waals surface area contributed by atoms with E-state index in [4.69, 9.17) is 9.47 Å². The highest BCUT2D eigenvalue weighted by molar-refractivity contribution is 5.54. The van der Waals surface area contributed by atoms with E-state index in [2.05, 4.69) is 48.5 Å². The van der Waals surface area contributed by atoms with Crippen LogP contribution in [0.5, 0.6) is 0 Å². The number of ether oxygens (including phenoxy) is 2. The average molecular weight is 373 g/mol. The summed E-state index contributed by atoms with van der Waals surface area (Å²) in [5.41, 5.74) is 3.47. The molecule has 1 amide bonds. The quantitative estimate of drug-likeness (QED) is 0.533. The fourth-order valence-corrected chi connectivity index (χ4v) is 3.31. The minimum atomic E-state index is -0.0912. The number of carbonyl (C=O) groups is 1. The number of methoxy groups -OCH3 is 1. The van der Waals surface area contributed by atoms with E-state index in [-0.39, 0.29) is 12.4 Å². The number of rotatable bonds is 9. The number of hydrogen-bond donors (Lipinski definition) is 1. The van der Waals surface area contributed by atoms with Gasteiger partial charge in [-0.3, -0.25) is 4.79 Å². The first-order valence-corrected chi connectivity index (χ1v) is 9.53. The number of amides is 1. The van der Waals surface area contributed by atoms with Crippen LogP contribution in [0.4, 0.5) is 0 Å². The summed E-state index contributed by atoms with van der Waals surface area (Å²) < 4.78 is 11.2. The Labute approximate surface area is 163 Å². The van der Waals surface area contributed by atoms with Crippen LogP contribution < -0.4 is 5.32 Å². The molecule has 0 aliphatic carbocycles. The van der Waals surface area contributed by atoms with Crippen LogP contribution in [0.25, 0.3) is 6.08 Å². The molecule has 1 aliphatic rings. The smallest absolute Gasteiger partial charge is 0.211 e. The highest BCUT2D eigenvalue weighted by atomic mass is 16.7. The SMILES string of the molecule is COC1CC(N(C)CCc2ccc(/C=C\C(C)=C/NC=O)cc2)CC(C)O1. The summed E-state index contributed by atoms with van der Waals surface area (Å²) in [6.45, 7) is 5.08. The van der Waals surface area contributed by atoms with Crippen LogP contribution in [0.1, 0.15) is 37.8 Å². The zero-order valence-corrected chi connectivity index (χ0v) is 16.9. The molecule has 1 N–H and O–H groups in total. The molecule has 1 aromatic carbocycles. The zero-order valence-electron chi connectivity index (χ0n) is 16.9. The summed E-state index contributed by atoms with van der Waals surface area (Å²) in [6, 6.07) is 9.12. The maximum atomic E-state index is 10.3. The minimum absolute atomic E-state index is 0.0912. The Morgan fingerprint density at radius 2 is 2.07 bits per heavy atom. The molecule has 3 atom stereocenters. The van der Waals surface area contributed by atoms with Crippen LogP contribution in [-0.2, 0) is 20.7 Å². The Hall–Kier alpha value is -1.95. The van der Waals surface area contributed by atoms with Gasteiger partial charge >= 0.3 is 0 Å². The lowest BCUT2D eigenvalue weighted by Crippen LogP contribution is -2.44. The van der Waals surface area contributed by atoms with Crippen molar-refractivity contribution in [3.05, 3.63) is 53.2 Å². The normalized spacial score (nSPS) is 23.7. The first-order valence-electron chi connectivity index (χ1n) is 9.53. The van der Waals surface area contributed by atoms with Gasteiger partial charge in [-0.1, -0.05) is 36.4 Å². The maximum absolute atomic E-state index is 10.3. The van der Waals surface area contributed by atoms with Gasteiger partial charge in [-0.15, -0.1) is 0 Å². The van der Waals surface area contributed by atoms with E-state index < -0.39 is 0 Å². The van der Waals surface area contributed by atoms with E-state index in [0.29, 0.717) is 12.5 Å². The third-order valence-electron chi connectivity index (χ3n) is 4.99. The molecular formula is C22H32N2O3. The Balaban J connectivity index is 1.84. The van der Waals surface area contributed by atoms with Gasteiger partial charge in [-0.25, -0.2) is 0 Å². The van der Waals surface area contributed by atoms with Gasteiger partial charge in [0.1, 0.15) is 0 Å². The third-order valence-corrected chi connectivity index (χ3v) is 4.99. The van der Waals surface area contributed by atoms with Gasteiger partial charge in [0.25, 0.3) is 0 Å². The van der Waals surface area contributed by atoms with Crippen molar-refractivity contribution in [1.82, 2.24) is 10.2 Å². The molecule has 5 heteroatoms. The van der Waals surface area contributed by atoms with Gasteiger partial charge in [0.05, 0.1) is 6.10 Å². The topological polar surface area (TPSA) is 50.8 Å². The lowest BCUT2D eigenvalue weighted by molar-refractivity contribution is -0.189. The summed E-state index contributed by atoms with van der Waals surface area (Å²) in [5.74, 6) is 0. The zero-order chi connectivity index (χ0) is 19.6. The van der Waals surface area contributed by atoms with Crippen molar-refractivity contribution in [2.24, 2.45) is 0 Å². The highest BCUT2D eigenvalue weighted by Gasteiger charge is 2.29. The second kappa shape index (κ2) is 11.0. The van der Waals surface area contributed by atoms with Gasteiger partial charge in [0.15, 0.2) is 6.29 Å². The van der Waals surface area contributed by atoms with E-state index in [1.54, 1.807) is 13.3 Å². The van der Waals surface area contributed by atoms with Crippen molar-refractivity contribution in [3.63, 3.8) is 0 Å². The van der Waals surface area contributed by atoms with Crippen molar-refractivity contribution in [1.29, 1.82) is 0 Å². The van der Waals surface area contributed by atoms with Gasteiger partial charge < -0.3 is 19.7 Å². The highest BCUT2D eigenvalue weighted by Crippen LogP contribution is 2.23. The molecule has 27 heavy (non-hydrogen) atoms. The number of carbonyl (C=O) groups excluding carboxylic acids is 1. The number of allylic oxidation sites excluding steroid dienone is 2. The van der Waals surface area contributed by atoms with Crippen LogP contribution in [0.2, 0.25) is 0 Å². The first kappa shape index (κ1) is 21.4. The van der Waals surface area contributed by atoms with Gasteiger partial charge in [-0.2, -0.15) is 0 Å². The van der Waals surface area contributed by atoms with Crippen molar-refractivity contribution in [2.75, 3.05) is 20.7 Å². The molecule has 1 heterocycles. The Bertz CT molecular complexity index is 639. The molecule has 2 rings (SSSR count). The van der Waals surface area contributed by atoms with Crippen molar-refractivity contribution in [2.45, 2.75) is 51.5 Å². The first-order chi connectivity index (χ1) is 13.0. The molecule has 148 valence electrons. The number of nitrogens with zero attached hydrogens (tertiary/aromatic N) is 1. The lowest BCUT2D eigenvalue weighted by atomic mass is 10.0. The molecule has 1 fully saturated rings. The van der Waals surface area contributed by atoms with Gasteiger partial charge in [-0.05, 0) is 50.4 Å². The lowest BCUT2D eigenvalue weighted by Gasteiger charge is -2.38. The van der Waals surface area contributed by atoms with Gasteiger partial charge in [0, 0.05) is 32.3 Å². The predicted octanol–water partition coefficient (Wildman–Crippen LogP) is 3.36. The Morgan fingerprint density at radius 1 is 1.33 bits per heavy atom. The largest absolute Gasteiger partial charge is 0.356 e. The molecule has 0 spiro atoms. The fourth-order valence-electron chi connectivity index (χ4n) is 3.31. The van der Waals surface area contributed by atoms with E-state index in [1.165, 1.54) is 5.56 Å². The fraction of sp³-hybridized carbons (Fsp3) is 0.500. The predicted molar refractivity (Wildman–Crippen MR) is 109 cm³/mol. The molecule has 1 aromatic rings. The molecule has 5 nitrogen and oxygen atoms in total. The van der Waals surface area contributed by atoms with Crippen LogP contribution in [0.15, 0.2) is 42.1 Å². The second-order valence-electron chi connectivity index (χ2n) is 7.22. The number of hydrogen-bond acceptors (Lipinski definition) is 4. The minimum Gasteiger partial charge on any atom is -0.356 e. The molecule has 0 aromatic heterocycles. The summed E-state index contributed by atoms with van der Waals surface area (Å²) in [6.07, 6.45) is 9.51. The van der Waals surface area contributed by atoms with Crippen LogP contribution in [0.3, 0.4) is 0 Å². The standard InChI is InChI=1S/C22H32N2O3/c1-17(15-23-16-25)5-6-19-7-9-20(10-8-19)11-12-24(3)21-13-18(2)27-22(14-21)26-4/h5-10,15-16,18,21-22H,11-14H2,1-4H3,(H,23,25)/b6-5-,17-15-. The van der Waals surface area contributed by atoms with E-state index >= 15 is 0 Å². The Morgan fingerprint density at radius 3 is 2.74 bits per heavy atom. The van der Waals surface area contributed by atoms with E-state index in [9.17, 15) is 4.79 Å². The molecule has 0 bridgehead atoms. The maximum Gasteiger partial charge on any atom is 0.211 e. The summed E-state index contributed by atoms with van der Waals surface area (Å²) >= 11 is 0. The van der Waals surface area contributed by atoms with Crippen molar-refractivity contribution in [3.8, 4) is 0 Å². The van der Waals surface area contributed by atoms with Gasteiger partial charge in [0.2, 0.25) is 6.41 Å². The molecule has 1 aliphatic heterocycles. The number of nitrogens with one attached hydrogen (secondary N) is 1. The summed E-state index contributed by atoms with van der Waals surface area (Å²) in [5, 5.41) is 2.54.